The smallest absolute Gasteiger partial charge is 0.344 e. The molecule has 0 saturated heterocycles. The molecule has 41 heavy (non-hydrogen) atoms. The molecule has 11 nitrogen and oxygen atoms in total. The molecule has 0 bridgehead atoms. The van der Waals surface area contributed by atoms with Crippen LogP contribution in [0.2, 0.25) is 5.02 Å². The topological polar surface area (TPSA) is 179 Å². The summed E-state index contributed by atoms with van der Waals surface area (Å²) in [5.74, 6) is -0.978. The zero-order chi connectivity index (χ0) is 29.9. The Bertz CT molecular complexity index is 1430. The average Bonchev–Trinajstić information content (AvgIpc) is 2.92. The van der Waals surface area contributed by atoms with Crippen LogP contribution < -0.4 is 31.6 Å². The summed E-state index contributed by atoms with van der Waals surface area (Å²) in [6, 6.07) is 14.7. The lowest BCUT2D eigenvalue weighted by Crippen LogP contribution is -2.18. The van der Waals surface area contributed by atoms with Crippen LogP contribution in [0.5, 0.6) is 11.5 Å². The van der Waals surface area contributed by atoms with Crippen LogP contribution in [0.1, 0.15) is 40.9 Å². The third-order valence-corrected chi connectivity index (χ3v) is 5.89. The number of carbonyl (C=O) groups is 3. The van der Waals surface area contributed by atoms with Crippen LogP contribution in [-0.2, 0) is 27.3 Å². The van der Waals surface area contributed by atoms with Crippen LogP contribution in [0.3, 0.4) is 0 Å². The van der Waals surface area contributed by atoms with Gasteiger partial charge < -0.3 is 36.3 Å². The summed E-state index contributed by atoms with van der Waals surface area (Å²) in [5.41, 5.74) is 13.8. The fourth-order valence-corrected chi connectivity index (χ4v) is 4.07. The second-order valence-corrected chi connectivity index (χ2v) is 9.18. The van der Waals surface area contributed by atoms with Gasteiger partial charge in [0, 0.05) is 34.1 Å². The van der Waals surface area contributed by atoms with E-state index in [1.54, 1.807) is 62.4 Å². The molecule has 0 unspecified atom stereocenters. The van der Waals surface area contributed by atoms with E-state index in [1.165, 1.54) is 6.07 Å². The SMILES string of the molecule is CCOC(=O)COc1c(CNc2ccc(Cl)cc2C(=O)Nc2ccc(C(=N)N)cc2)cc(CC(N)=O)cc1OCC. The molecule has 2 amide bonds. The summed E-state index contributed by atoms with van der Waals surface area (Å²) in [6.07, 6.45) is -0.0394. The Morgan fingerprint density at radius 2 is 1.68 bits per heavy atom. The fourth-order valence-electron chi connectivity index (χ4n) is 3.90. The lowest BCUT2D eigenvalue weighted by Gasteiger charge is -2.19. The Morgan fingerprint density at radius 1 is 0.951 bits per heavy atom. The van der Waals surface area contributed by atoms with E-state index in [4.69, 9.17) is 42.7 Å². The Kier molecular flexibility index (Phi) is 10.9. The van der Waals surface area contributed by atoms with Crippen molar-refractivity contribution >= 4 is 46.6 Å². The third-order valence-electron chi connectivity index (χ3n) is 5.66. The van der Waals surface area contributed by atoms with E-state index in [9.17, 15) is 14.4 Å². The van der Waals surface area contributed by atoms with Crippen molar-refractivity contribution in [1.82, 2.24) is 0 Å². The molecule has 0 fully saturated rings. The molecule has 0 saturated carbocycles. The van der Waals surface area contributed by atoms with E-state index in [2.05, 4.69) is 10.6 Å². The molecule has 3 rings (SSSR count). The summed E-state index contributed by atoms with van der Waals surface area (Å²) in [4.78, 5) is 36.9. The summed E-state index contributed by atoms with van der Waals surface area (Å²) < 4.78 is 16.5. The lowest BCUT2D eigenvalue weighted by molar-refractivity contribution is -0.145. The molecule has 0 aliphatic carbocycles. The molecular formula is C29H32ClN5O6. The fraction of sp³-hybridized carbons (Fsp3) is 0.241. The number of esters is 1. The first-order valence-corrected chi connectivity index (χ1v) is 13.1. The zero-order valence-corrected chi connectivity index (χ0v) is 23.5. The normalized spacial score (nSPS) is 10.4. The highest BCUT2D eigenvalue weighted by Crippen LogP contribution is 2.35. The van der Waals surface area contributed by atoms with Crippen molar-refractivity contribution in [2.45, 2.75) is 26.8 Å². The quantitative estimate of drug-likeness (QED) is 0.108. The van der Waals surface area contributed by atoms with E-state index < -0.39 is 17.8 Å². The Labute approximate surface area is 242 Å². The maximum atomic E-state index is 13.2. The van der Waals surface area contributed by atoms with Crippen molar-refractivity contribution in [2.24, 2.45) is 11.5 Å². The highest BCUT2D eigenvalue weighted by atomic mass is 35.5. The van der Waals surface area contributed by atoms with Gasteiger partial charge in [0.25, 0.3) is 5.91 Å². The molecule has 0 atom stereocenters. The molecule has 0 heterocycles. The van der Waals surface area contributed by atoms with Crippen LogP contribution in [0.15, 0.2) is 54.6 Å². The predicted molar refractivity (Wildman–Crippen MR) is 157 cm³/mol. The van der Waals surface area contributed by atoms with Gasteiger partial charge in [-0.2, -0.15) is 0 Å². The number of ether oxygens (including phenoxy) is 3. The number of benzene rings is 3. The second-order valence-electron chi connectivity index (χ2n) is 8.74. The largest absolute Gasteiger partial charge is 0.490 e. The number of halogens is 1. The van der Waals surface area contributed by atoms with Crippen molar-refractivity contribution in [2.75, 3.05) is 30.5 Å². The zero-order valence-electron chi connectivity index (χ0n) is 22.7. The number of anilines is 2. The number of nitrogens with one attached hydrogen (secondary N) is 3. The van der Waals surface area contributed by atoms with E-state index in [-0.39, 0.29) is 43.3 Å². The van der Waals surface area contributed by atoms with Crippen molar-refractivity contribution in [3.63, 3.8) is 0 Å². The number of rotatable bonds is 14. The van der Waals surface area contributed by atoms with Gasteiger partial charge in [0.2, 0.25) is 5.91 Å². The first kappa shape index (κ1) is 30.8. The second kappa shape index (κ2) is 14.6. The first-order valence-electron chi connectivity index (χ1n) is 12.8. The molecule has 0 radical (unpaired) electrons. The van der Waals surface area contributed by atoms with E-state index in [0.29, 0.717) is 45.4 Å². The van der Waals surface area contributed by atoms with Gasteiger partial charge in [-0.25, -0.2) is 4.79 Å². The van der Waals surface area contributed by atoms with Gasteiger partial charge in [-0.1, -0.05) is 11.6 Å². The Balaban J connectivity index is 1.91. The maximum Gasteiger partial charge on any atom is 0.344 e. The van der Waals surface area contributed by atoms with Crippen LogP contribution in [0.25, 0.3) is 0 Å². The number of amidine groups is 1. The minimum absolute atomic E-state index is 0.0394. The predicted octanol–water partition coefficient (Wildman–Crippen LogP) is 3.86. The van der Waals surface area contributed by atoms with Crippen molar-refractivity contribution in [3.8, 4) is 11.5 Å². The van der Waals surface area contributed by atoms with Gasteiger partial charge >= 0.3 is 5.97 Å². The standard InChI is InChI=1S/C29H32ClN5O6/c1-3-39-24-12-17(13-25(31)36)11-19(27(24)41-16-26(37)40-4-2)15-34-23-10-7-20(30)14-22(23)29(38)35-21-8-5-18(6-9-21)28(32)33/h5-12,14,34H,3-4,13,15-16H2,1-2H3,(H2,31,36)(H3,32,33)(H,35,38). The Morgan fingerprint density at radius 3 is 2.32 bits per heavy atom. The van der Waals surface area contributed by atoms with Crippen molar-refractivity contribution in [1.29, 1.82) is 5.41 Å². The molecular weight excluding hydrogens is 550 g/mol. The monoisotopic (exact) mass is 581 g/mol. The summed E-state index contributed by atoms with van der Waals surface area (Å²) in [6.45, 7) is 3.76. The number of hydrogen-bond donors (Lipinski definition) is 5. The highest BCUT2D eigenvalue weighted by molar-refractivity contribution is 6.31. The molecule has 3 aromatic rings. The Hall–Kier alpha value is -4.77. The van der Waals surface area contributed by atoms with Gasteiger partial charge in [0.1, 0.15) is 5.84 Å². The number of nitrogens with two attached hydrogens (primary N) is 2. The van der Waals surface area contributed by atoms with Crippen LogP contribution in [-0.4, -0.2) is 43.4 Å². The molecule has 0 aliphatic rings. The van der Waals surface area contributed by atoms with Gasteiger partial charge in [-0.05, 0) is 74.0 Å². The molecule has 216 valence electrons. The lowest BCUT2D eigenvalue weighted by atomic mass is 10.0. The van der Waals surface area contributed by atoms with E-state index in [0.717, 1.165) is 0 Å². The van der Waals surface area contributed by atoms with Gasteiger partial charge in [-0.3, -0.25) is 15.0 Å². The molecule has 12 heteroatoms. The van der Waals surface area contributed by atoms with Gasteiger partial charge in [0.15, 0.2) is 18.1 Å². The third kappa shape index (κ3) is 8.87. The number of nitrogen functional groups attached to an aromatic ring is 1. The first-order chi connectivity index (χ1) is 19.6. The molecule has 3 aromatic carbocycles. The van der Waals surface area contributed by atoms with Crippen molar-refractivity contribution in [3.05, 3.63) is 81.9 Å². The summed E-state index contributed by atoms with van der Waals surface area (Å²) in [5, 5.41) is 13.9. The van der Waals surface area contributed by atoms with E-state index in [1.807, 2.05) is 0 Å². The minimum atomic E-state index is -0.553. The average molecular weight is 582 g/mol. The molecule has 7 N–H and O–H groups in total. The van der Waals surface area contributed by atoms with Crippen LogP contribution in [0.4, 0.5) is 11.4 Å². The molecule has 0 aliphatic heterocycles. The minimum Gasteiger partial charge on any atom is -0.490 e. The van der Waals surface area contributed by atoms with Crippen LogP contribution in [0, 0.1) is 5.41 Å². The molecule has 0 aromatic heterocycles. The molecule has 0 spiro atoms. The summed E-state index contributed by atoms with van der Waals surface area (Å²) >= 11 is 6.21. The maximum absolute atomic E-state index is 13.2. The number of primary amides is 1. The summed E-state index contributed by atoms with van der Waals surface area (Å²) in [7, 11) is 0. The number of hydrogen-bond acceptors (Lipinski definition) is 8. The highest BCUT2D eigenvalue weighted by Gasteiger charge is 2.19. The number of amides is 2. The number of carbonyl (C=O) groups excluding carboxylic acids is 3. The van der Waals surface area contributed by atoms with Crippen LogP contribution >= 0.6 is 11.6 Å². The van der Waals surface area contributed by atoms with Gasteiger partial charge in [0.05, 0.1) is 25.2 Å². The van der Waals surface area contributed by atoms with Crippen molar-refractivity contribution < 1.29 is 28.6 Å². The van der Waals surface area contributed by atoms with E-state index >= 15 is 0 Å². The van der Waals surface area contributed by atoms with Gasteiger partial charge in [-0.15, -0.1) is 0 Å².